The molecule has 4 aromatic rings. The summed E-state index contributed by atoms with van der Waals surface area (Å²) in [7, 11) is 0.991. The first kappa shape index (κ1) is 29.4. The van der Waals surface area contributed by atoms with Crippen LogP contribution in [0, 0.1) is 11.3 Å². The van der Waals surface area contributed by atoms with Gasteiger partial charge < -0.3 is 29.7 Å². The first-order valence-corrected chi connectivity index (χ1v) is 17.7. The molecule has 2 aliphatic rings. The number of nitrogens with one attached hydrogen (secondary N) is 2. The van der Waals surface area contributed by atoms with Crippen LogP contribution in [0.3, 0.4) is 0 Å². The normalized spacial score (nSPS) is 15.8. The van der Waals surface area contributed by atoms with E-state index in [1.807, 2.05) is 24.3 Å². The van der Waals surface area contributed by atoms with E-state index in [9.17, 15) is 9.83 Å². The smallest absolute Gasteiger partial charge is 0.229 e. The van der Waals surface area contributed by atoms with E-state index in [2.05, 4.69) is 60.5 Å². The molecule has 2 aromatic heterocycles. The average Bonchev–Trinajstić information content (AvgIpc) is 3.84. The minimum absolute atomic E-state index is 0.314. The van der Waals surface area contributed by atoms with Crippen molar-refractivity contribution < 1.29 is 9.30 Å². The average molecular weight is 662 g/mol. The topological polar surface area (TPSA) is 119 Å². The Morgan fingerprint density at radius 1 is 1.05 bits per heavy atom. The number of nitrogens with zero attached hydrogens (tertiary/aromatic N) is 6. The lowest BCUT2D eigenvalue weighted by Crippen LogP contribution is -2.44. The lowest BCUT2D eigenvalue weighted by Gasteiger charge is -2.34. The zero-order chi connectivity index (χ0) is 30.3. The van der Waals surface area contributed by atoms with Gasteiger partial charge in [0.25, 0.3) is 0 Å². The molecule has 0 bridgehead atoms. The molecule has 1 saturated carbocycles. The molecule has 0 spiro atoms. The quantitative estimate of drug-likeness (QED) is 0.217. The Hall–Kier alpha value is -3.71. The molecule has 12 heteroatoms. The molecule has 2 fully saturated rings. The van der Waals surface area contributed by atoms with Crippen LogP contribution >= 0.6 is 23.1 Å². The molecule has 6 rings (SSSR count). The summed E-state index contributed by atoms with van der Waals surface area (Å²) in [6.45, 7) is 7.07. The summed E-state index contributed by atoms with van der Waals surface area (Å²) < 4.78 is 19.9. The number of benzene rings is 2. The number of pyridine rings is 1. The van der Waals surface area contributed by atoms with Crippen molar-refractivity contribution in [1.29, 1.82) is 5.26 Å². The fourth-order valence-electron chi connectivity index (χ4n) is 5.49. The number of hydrogen-bond acceptors (Lipinski definition) is 10. The van der Waals surface area contributed by atoms with Gasteiger partial charge in [0.05, 0.1) is 39.7 Å². The van der Waals surface area contributed by atoms with Gasteiger partial charge in [0, 0.05) is 60.7 Å². The molecule has 0 atom stereocenters. The number of halogens is 1. The molecule has 2 aromatic carbocycles. The second-order valence-corrected chi connectivity index (χ2v) is 15.5. The Morgan fingerprint density at radius 2 is 1.81 bits per heavy atom. The summed E-state index contributed by atoms with van der Waals surface area (Å²) in [4.78, 5) is 18.5. The van der Waals surface area contributed by atoms with Crippen LogP contribution in [0.5, 0.6) is 5.75 Å². The Kier molecular flexibility index (Phi) is 8.03. The number of likely N-dealkylation sites (N-methyl/N-ethyl adjacent to an activating group) is 1. The van der Waals surface area contributed by atoms with Crippen LogP contribution in [0.4, 0.5) is 28.8 Å². The molecule has 2 N–H and O–H groups in total. The van der Waals surface area contributed by atoms with Crippen molar-refractivity contribution in [3.63, 3.8) is 0 Å². The largest absolute Gasteiger partial charge is 0.494 e. The predicted molar refractivity (Wildman–Crippen MR) is 177 cm³/mol. The van der Waals surface area contributed by atoms with E-state index < -0.39 is 7.14 Å². The molecule has 222 valence electrons. The lowest BCUT2D eigenvalue weighted by atomic mass is 10.1. The summed E-state index contributed by atoms with van der Waals surface area (Å²) in [6, 6.07) is 14.0. The van der Waals surface area contributed by atoms with Crippen LogP contribution in [0.15, 0.2) is 47.1 Å². The van der Waals surface area contributed by atoms with E-state index in [1.54, 1.807) is 32.7 Å². The first-order valence-electron chi connectivity index (χ1n) is 14.3. The number of rotatable bonds is 8. The molecule has 0 radical (unpaired) electrons. The molecule has 10 nitrogen and oxygen atoms in total. The van der Waals surface area contributed by atoms with E-state index >= 15 is 0 Å². The number of ether oxygens (including phenoxy) is 1. The second-order valence-electron chi connectivity index (χ2n) is 11.5. The highest BCUT2D eigenvalue weighted by Gasteiger charge is 2.27. The molecule has 1 aliphatic heterocycles. The Morgan fingerprint density at radius 3 is 2.49 bits per heavy atom. The van der Waals surface area contributed by atoms with Gasteiger partial charge in [-0.3, -0.25) is 4.98 Å². The van der Waals surface area contributed by atoms with Gasteiger partial charge in [0.2, 0.25) is 5.95 Å². The highest BCUT2D eigenvalue weighted by Crippen LogP contribution is 2.44. The van der Waals surface area contributed by atoms with Crippen molar-refractivity contribution in [1.82, 2.24) is 19.9 Å². The molecular weight excluding hydrogens is 627 g/mol. The van der Waals surface area contributed by atoms with Gasteiger partial charge in [0.1, 0.15) is 24.8 Å². The van der Waals surface area contributed by atoms with Crippen LogP contribution in [0.2, 0.25) is 0 Å². The summed E-state index contributed by atoms with van der Waals surface area (Å²) in [6.07, 6.45) is 4.00. The van der Waals surface area contributed by atoms with Gasteiger partial charge in [-0.1, -0.05) is 6.07 Å². The zero-order valence-electron chi connectivity index (χ0n) is 24.7. The molecule has 0 unspecified atom stereocenters. The summed E-state index contributed by atoms with van der Waals surface area (Å²) in [5.41, 5.74) is 4.63. The molecule has 3 heterocycles. The highest BCUT2D eigenvalue weighted by molar-refractivity contribution is 9.10. The highest BCUT2D eigenvalue weighted by atomic mass is 79.9. The lowest BCUT2D eigenvalue weighted by molar-refractivity contribution is 0.312. The Bertz CT molecular complexity index is 1790. The van der Waals surface area contributed by atoms with Gasteiger partial charge in [-0.05, 0) is 73.4 Å². The standard InChI is InChI=1S/C31H34BrN8O2P/c1-39-11-13-40(14-12-39)27-16-28(42-2)26(15-20(27)17-33)37-31-34-18-22(32)30(38-31)36-25-10-9-24-21(29(25)43(3,4)41)7-8-23(35-24)19-5-6-19/h7-10,15-16,18-19H,5-6,11-14H2,1-4H3,(H2,34,36,37,38). The summed E-state index contributed by atoms with van der Waals surface area (Å²) in [5, 5.41) is 18.2. The first-order chi connectivity index (χ1) is 20.6. The van der Waals surface area contributed by atoms with E-state index in [4.69, 9.17) is 14.7 Å². The van der Waals surface area contributed by atoms with Crippen molar-refractivity contribution in [3.05, 3.63) is 58.3 Å². The Balaban J connectivity index is 1.32. The van der Waals surface area contributed by atoms with Crippen LogP contribution in [-0.2, 0) is 4.57 Å². The third-order valence-electron chi connectivity index (χ3n) is 7.92. The molecule has 43 heavy (non-hydrogen) atoms. The van der Waals surface area contributed by atoms with Crippen LogP contribution < -0.4 is 25.6 Å². The monoisotopic (exact) mass is 660 g/mol. The van der Waals surface area contributed by atoms with E-state index in [-0.39, 0.29) is 0 Å². The Labute approximate surface area is 260 Å². The third-order valence-corrected chi connectivity index (χ3v) is 10.1. The van der Waals surface area contributed by atoms with E-state index in [1.165, 1.54) is 12.8 Å². The molecule has 1 aliphatic carbocycles. The summed E-state index contributed by atoms with van der Waals surface area (Å²) in [5.74, 6) is 1.94. The number of anilines is 5. The second kappa shape index (κ2) is 11.8. The maximum absolute atomic E-state index is 13.6. The van der Waals surface area contributed by atoms with Crippen molar-refractivity contribution in [2.75, 3.05) is 69.2 Å². The minimum Gasteiger partial charge on any atom is -0.494 e. The summed E-state index contributed by atoms with van der Waals surface area (Å²) >= 11 is 3.57. The number of nitriles is 1. The van der Waals surface area contributed by atoms with Gasteiger partial charge in [-0.15, -0.1) is 0 Å². The minimum atomic E-state index is -2.71. The van der Waals surface area contributed by atoms with Crippen molar-refractivity contribution in [2.24, 2.45) is 0 Å². The van der Waals surface area contributed by atoms with Crippen LogP contribution in [-0.4, -0.2) is 73.5 Å². The number of aromatic nitrogens is 3. The molecular formula is C31H34BrN8O2P. The fourth-order valence-corrected chi connectivity index (χ4v) is 7.26. The van der Waals surface area contributed by atoms with Crippen LogP contribution in [0.25, 0.3) is 10.9 Å². The molecule has 1 saturated heterocycles. The van der Waals surface area contributed by atoms with Crippen molar-refractivity contribution in [3.8, 4) is 11.8 Å². The maximum Gasteiger partial charge on any atom is 0.229 e. The SMILES string of the molecule is COc1cc(N2CCN(C)CC2)c(C#N)cc1Nc1ncc(Br)c(Nc2ccc3nc(C4CC4)ccc3c2P(C)(C)=O)n1. The third kappa shape index (κ3) is 6.19. The van der Waals surface area contributed by atoms with Gasteiger partial charge in [0.15, 0.2) is 0 Å². The van der Waals surface area contributed by atoms with Gasteiger partial charge in [-0.25, -0.2) is 4.98 Å². The van der Waals surface area contributed by atoms with Crippen molar-refractivity contribution in [2.45, 2.75) is 18.8 Å². The molecule has 0 amide bonds. The number of fused-ring (bicyclic) bond motifs is 1. The predicted octanol–water partition coefficient (Wildman–Crippen LogP) is 6.03. The van der Waals surface area contributed by atoms with Crippen LogP contribution in [0.1, 0.15) is 30.0 Å². The van der Waals surface area contributed by atoms with E-state index in [0.717, 1.165) is 53.8 Å². The van der Waals surface area contributed by atoms with Gasteiger partial charge in [-0.2, -0.15) is 10.2 Å². The fraction of sp³-hybridized carbons (Fsp3) is 0.355. The zero-order valence-corrected chi connectivity index (χ0v) is 27.2. The number of methoxy groups -OCH3 is 1. The number of piperazine rings is 1. The van der Waals surface area contributed by atoms with E-state index in [0.29, 0.717) is 44.8 Å². The van der Waals surface area contributed by atoms with Gasteiger partial charge >= 0.3 is 0 Å². The van der Waals surface area contributed by atoms with Crippen molar-refractivity contribution >= 4 is 68.1 Å². The maximum atomic E-state index is 13.6. The number of hydrogen-bond donors (Lipinski definition) is 2.